The zero-order valence-corrected chi connectivity index (χ0v) is 19.1. The molecule has 0 unspecified atom stereocenters. The minimum Gasteiger partial charge on any atom is -0.357 e. The van der Waals surface area contributed by atoms with E-state index >= 15 is 0 Å². The van der Waals surface area contributed by atoms with Crippen molar-refractivity contribution in [2.24, 2.45) is 10.7 Å². The van der Waals surface area contributed by atoms with E-state index in [1.807, 2.05) is 6.07 Å². The van der Waals surface area contributed by atoms with Gasteiger partial charge in [-0.1, -0.05) is 28.1 Å². The van der Waals surface area contributed by atoms with Gasteiger partial charge in [-0.25, -0.2) is 4.79 Å². The molecule has 1 aliphatic heterocycles. The van der Waals surface area contributed by atoms with Crippen LogP contribution in [0, 0.1) is 0 Å². The van der Waals surface area contributed by atoms with Crippen LogP contribution in [0.25, 0.3) is 0 Å². The van der Waals surface area contributed by atoms with Gasteiger partial charge in [0.25, 0.3) is 0 Å². The van der Waals surface area contributed by atoms with E-state index in [9.17, 15) is 4.79 Å². The first kappa shape index (κ1) is 23.0. The number of nitrogens with two attached hydrogens (primary N) is 1. The van der Waals surface area contributed by atoms with E-state index in [-0.39, 0.29) is 30.0 Å². The highest BCUT2D eigenvalue weighted by molar-refractivity contribution is 14.0. The van der Waals surface area contributed by atoms with E-state index in [4.69, 9.17) is 5.73 Å². The Morgan fingerprint density at radius 3 is 2.73 bits per heavy atom. The van der Waals surface area contributed by atoms with Crippen molar-refractivity contribution >= 4 is 51.9 Å². The number of likely N-dealkylation sites (tertiary alicyclic amines) is 1. The van der Waals surface area contributed by atoms with Gasteiger partial charge in [0.2, 0.25) is 0 Å². The Bertz CT molecular complexity index is 591. The van der Waals surface area contributed by atoms with Crippen molar-refractivity contribution in [1.82, 2.24) is 15.5 Å². The number of guanidine groups is 1. The lowest BCUT2D eigenvalue weighted by atomic mass is 10.1. The van der Waals surface area contributed by atoms with Crippen molar-refractivity contribution in [3.05, 3.63) is 34.3 Å². The SMILES string of the molecule is CCNC(=NCCCc1cccc(Br)c1)NC1CCN(C(N)=O)CC1.I. The minimum absolute atomic E-state index is 0. The van der Waals surface area contributed by atoms with Gasteiger partial charge in [0.05, 0.1) is 0 Å². The summed E-state index contributed by atoms with van der Waals surface area (Å²) in [6.45, 7) is 5.08. The molecule has 1 heterocycles. The van der Waals surface area contributed by atoms with Crippen molar-refractivity contribution < 1.29 is 4.79 Å². The molecule has 0 radical (unpaired) electrons. The summed E-state index contributed by atoms with van der Waals surface area (Å²) in [4.78, 5) is 17.6. The molecule has 8 heteroatoms. The van der Waals surface area contributed by atoms with Crippen molar-refractivity contribution in [1.29, 1.82) is 0 Å². The average molecular weight is 538 g/mol. The normalized spacial score (nSPS) is 15.3. The molecule has 0 aromatic heterocycles. The van der Waals surface area contributed by atoms with E-state index in [1.165, 1.54) is 5.56 Å². The van der Waals surface area contributed by atoms with Gasteiger partial charge in [-0.15, -0.1) is 24.0 Å². The third-order valence-corrected chi connectivity index (χ3v) is 4.77. The highest BCUT2D eigenvalue weighted by Crippen LogP contribution is 2.13. The molecule has 4 N–H and O–H groups in total. The summed E-state index contributed by atoms with van der Waals surface area (Å²) >= 11 is 3.50. The molecule has 146 valence electrons. The topological polar surface area (TPSA) is 82.8 Å². The Hall–Kier alpha value is -1.03. The summed E-state index contributed by atoms with van der Waals surface area (Å²) < 4.78 is 1.12. The van der Waals surface area contributed by atoms with Gasteiger partial charge in [-0.3, -0.25) is 4.99 Å². The van der Waals surface area contributed by atoms with Gasteiger partial charge in [-0.05, 0) is 50.3 Å². The first-order valence-corrected chi connectivity index (χ1v) is 9.71. The van der Waals surface area contributed by atoms with Crippen molar-refractivity contribution in [3.63, 3.8) is 0 Å². The number of amides is 2. The molecule has 0 aliphatic carbocycles. The van der Waals surface area contributed by atoms with E-state index < -0.39 is 0 Å². The molecule has 1 aromatic carbocycles. The number of hydrogen-bond donors (Lipinski definition) is 3. The number of primary amides is 1. The number of piperidine rings is 1. The highest BCUT2D eigenvalue weighted by Gasteiger charge is 2.21. The molecule has 1 fully saturated rings. The first-order chi connectivity index (χ1) is 12.1. The van der Waals surface area contributed by atoms with Gasteiger partial charge >= 0.3 is 6.03 Å². The molecule has 1 aliphatic rings. The first-order valence-electron chi connectivity index (χ1n) is 8.92. The predicted octanol–water partition coefficient (Wildman–Crippen LogP) is 3.10. The molecule has 2 amide bonds. The number of halogens is 2. The molecule has 1 saturated heterocycles. The van der Waals surface area contributed by atoms with Crippen LogP contribution in [0.4, 0.5) is 4.79 Å². The second kappa shape index (κ2) is 12.4. The number of nitrogens with zero attached hydrogens (tertiary/aromatic N) is 2. The van der Waals surface area contributed by atoms with Crippen molar-refractivity contribution in [2.75, 3.05) is 26.2 Å². The Morgan fingerprint density at radius 2 is 2.12 bits per heavy atom. The van der Waals surface area contributed by atoms with Crippen LogP contribution in [-0.2, 0) is 6.42 Å². The Labute approximate surface area is 181 Å². The van der Waals surface area contributed by atoms with Gasteiger partial charge in [0, 0.05) is 36.7 Å². The minimum atomic E-state index is -0.327. The van der Waals surface area contributed by atoms with Crippen LogP contribution >= 0.6 is 39.9 Å². The fraction of sp³-hybridized carbons (Fsp3) is 0.556. The average Bonchev–Trinajstić information content (AvgIpc) is 2.59. The second-order valence-corrected chi connectivity index (χ2v) is 7.15. The van der Waals surface area contributed by atoms with Crippen molar-refractivity contribution in [2.45, 2.75) is 38.6 Å². The van der Waals surface area contributed by atoms with E-state index in [0.717, 1.165) is 49.2 Å². The fourth-order valence-electron chi connectivity index (χ4n) is 2.92. The van der Waals surface area contributed by atoms with Crippen LogP contribution in [0.3, 0.4) is 0 Å². The highest BCUT2D eigenvalue weighted by atomic mass is 127. The largest absolute Gasteiger partial charge is 0.357 e. The quantitative estimate of drug-likeness (QED) is 0.226. The molecule has 2 rings (SSSR count). The van der Waals surface area contributed by atoms with Gasteiger partial charge < -0.3 is 21.3 Å². The number of benzene rings is 1. The van der Waals surface area contributed by atoms with Crippen LogP contribution in [0.1, 0.15) is 31.7 Å². The number of nitrogens with one attached hydrogen (secondary N) is 2. The van der Waals surface area contributed by atoms with Crippen LogP contribution in [0.2, 0.25) is 0 Å². The van der Waals surface area contributed by atoms with Crippen molar-refractivity contribution in [3.8, 4) is 0 Å². The number of urea groups is 1. The molecule has 1 aromatic rings. The zero-order valence-electron chi connectivity index (χ0n) is 15.2. The Kier molecular flexibility index (Phi) is 11.0. The van der Waals surface area contributed by atoms with Crippen LogP contribution in [-0.4, -0.2) is 49.1 Å². The summed E-state index contributed by atoms with van der Waals surface area (Å²) in [5, 5.41) is 6.77. The molecule has 0 bridgehead atoms. The van der Waals surface area contributed by atoms with E-state index in [2.05, 4.69) is 56.7 Å². The lowest BCUT2D eigenvalue weighted by Gasteiger charge is -2.32. The number of rotatable bonds is 6. The Balaban J connectivity index is 0.00000338. The zero-order chi connectivity index (χ0) is 18.1. The third-order valence-electron chi connectivity index (χ3n) is 4.27. The molecule has 26 heavy (non-hydrogen) atoms. The maximum absolute atomic E-state index is 11.2. The molecular weight excluding hydrogens is 509 g/mol. The summed E-state index contributed by atoms with van der Waals surface area (Å²) in [6.07, 6.45) is 3.81. The summed E-state index contributed by atoms with van der Waals surface area (Å²) in [5.41, 5.74) is 6.65. The second-order valence-electron chi connectivity index (χ2n) is 6.24. The van der Waals surface area contributed by atoms with Gasteiger partial charge in [0.1, 0.15) is 0 Å². The lowest BCUT2D eigenvalue weighted by molar-refractivity contribution is 0.188. The number of aliphatic imine (C=N–C) groups is 1. The van der Waals surface area contributed by atoms with Crippen LogP contribution in [0.15, 0.2) is 33.7 Å². The van der Waals surface area contributed by atoms with Gasteiger partial charge in [0.15, 0.2) is 5.96 Å². The third kappa shape index (κ3) is 8.11. The molecule has 0 spiro atoms. The fourth-order valence-corrected chi connectivity index (χ4v) is 3.37. The molecule has 6 nitrogen and oxygen atoms in total. The van der Waals surface area contributed by atoms with Crippen LogP contribution < -0.4 is 16.4 Å². The smallest absolute Gasteiger partial charge is 0.314 e. The summed E-state index contributed by atoms with van der Waals surface area (Å²) in [5.74, 6) is 0.856. The summed E-state index contributed by atoms with van der Waals surface area (Å²) in [6, 6.07) is 8.40. The summed E-state index contributed by atoms with van der Waals surface area (Å²) in [7, 11) is 0. The van der Waals surface area contributed by atoms with Crippen LogP contribution in [0.5, 0.6) is 0 Å². The maximum Gasteiger partial charge on any atom is 0.314 e. The van der Waals surface area contributed by atoms with E-state index in [0.29, 0.717) is 19.1 Å². The monoisotopic (exact) mass is 537 g/mol. The van der Waals surface area contributed by atoms with Gasteiger partial charge in [-0.2, -0.15) is 0 Å². The number of carbonyl (C=O) groups excluding carboxylic acids is 1. The predicted molar refractivity (Wildman–Crippen MR) is 121 cm³/mol. The number of hydrogen-bond acceptors (Lipinski definition) is 2. The van der Waals surface area contributed by atoms with E-state index in [1.54, 1.807) is 4.90 Å². The number of aryl methyl sites for hydroxylation is 1. The maximum atomic E-state index is 11.2. The Morgan fingerprint density at radius 1 is 1.38 bits per heavy atom. The lowest BCUT2D eigenvalue weighted by Crippen LogP contribution is -2.50. The number of carbonyl (C=O) groups is 1. The molecule has 0 saturated carbocycles. The molecular formula is C18H29BrIN5O. The standard InChI is InChI=1S/C18H28BrN5O.HI/c1-2-21-18(23-16-8-11-24(12-9-16)17(20)25)22-10-4-6-14-5-3-7-15(19)13-14;/h3,5,7,13,16H,2,4,6,8-12H2,1H3,(H2,20,25)(H2,21,22,23);1H. The molecule has 0 atom stereocenters.